The van der Waals surface area contributed by atoms with E-state index in [1.165, 1.54) is 24.5 Å². The summed E-state index contributed by atoms with van der Waals surface area (Å²) in [5.74, 6) is -2.31. The van der Waals surface area contributed by atoms with Crippen LogP contribution in [0.5, 0.6) is 0 Å². The first-order valence-corrected chi connectivity index (χ1v) is 8.45. The molecule has 26 heavy (non-hydrogen) atoms. The number of piperidine rings is 1. The van der Waals surface area contributed by atoms with E-state index in [0.717, 1.165) is 25.0 Å². The van der Waals surface area contributed by atoms with E-state index in [9.17, 15) is 18.4 Å². The molecule has 1 aliphatic heterocycles. The summed E-state index contributed by atoms with van der Waals surface area (Å²) < 4.78 is 26.2. The second-order valence-corrected chi connectivity index (χ2v) is 6.54. The van der Waals surface area contributed by atoms with Gasteiger partial charge in [0.1, 0.15) is 0 Å². The normalized spacial score (nSPS) is 17.0. The number of pyridine rings is 1. The summed E-state index contributed by atoms with van der Waals surface area (Å²) in [6.07, 6.45) is 4.80. The summed E-state index contributed by atoms with van der Waals surface area (Å²) in [6.45, 7) is 3.47. The van der Waals surface area contributed by atoms with Gasteiger partial charge in [0, 0.05) is 37.2 Å². The molecule has 2 heterocycles. The van der Waals surface area contributed by atoms with Crippen molar-refractivity contribution < 1.29 is 18.4 Å². The highest BCUT2D eigenvalue weighted by atomic mass is 19.2. The van der Waals surface area contributed by atoms with Crippen LogP contribution < -0.4 is 5.32 Å². The fourth-order valence-corrected chi connectivity index (χ4v) is 3.01. The van der Waals surface area contributed by atoms with E-state index in [1.54, 1.807) is 4.90 Å². The number of nitrogens with zero attached hydrogens (tertiary/aromatic N) is 2. The van der Waals surface area contributed by atoms with E-state index in [-0.39, 0.29) is 17.2 Å². The maximum atomic E-state index is 13.3. The third-order valence-electron chi connectivity index (χ3n) is 4.37. The van der Waals surface area contributed by atoms with Crippen molar-refractivity contribution in [1.82, 2.24) is 9.88 Å². The SMILES string of the molecule is CC1CCCN(C(=O)c2cncc(C(=O)Nc3ccc(F)c(F)c3)c2)C1. The second kappa shape index (κ2) is 7.59. The molecule has 0 spiro atoms. The largest absolute Gasteiger partial charge is 0.338 e. The number of carbonyl (C=O) groups excluding carboxylic acids is 2. The highest BCUT2D eigenvalue weighted by Crippen LogP contribution is 2.19. The van der Waals surface area contributed by atoms with Crippen LogP contribution in [-0.2, 0) is 0 Å². The predicted octanol–water partition coefficient (Wildman–Crippen LogP) is 3.48. The van der Waals surface area contributed by atoms with Gasteiger partial charge in [-0.15, -0.1) is 0 Å². The standard InChI is InChI=1S/C19H19F2N3O2/c1-12-3-2-6-24(11-12)19(26)14-7-13(9-22-10-14)18(25)23-15-4-5-16(20)17(21)8-15/h4-5,7-10,12H,2-3,6,11H2,1H3,(H,23,25). The van der Waals surface area contributed by atoms with Gasteiger partial charge in [0.2, 0.25) is 0 Å². The molecule has 1 aromatic heterocycles. The van der Waals surface area contributed by atoms with Crippen LogP contribution >= 0.6 is 0 Å². The Morgan fingerprint density at radius 2 is 1.92 bits per heavy atom. The fraction of sp³-hybridized carbons (Fsp3) is 0.316. The summed E-state index contributed by atoms with van der Waals surface area (Å²) >= 11 is 0. The average molecular weight is 359 g/mol. The highest BCUT2D eigenvalue weighted by Gasteiger charge is 2.23. The average Bonchev–Trinajstić information content (AvgIpc) is 2.64. The van der Waals surface area contributed by atoms with E-state index < -0.39 is 17.5 Å². The number of amides is 2. The number of aromatic nitrogens is 1. The molecular weight excluding hydrogens is 340 g/mol. The fourth-order valence-electron chi connectivity index (χ4n) is 3.01. The molecule has 136 valence electrons. The molecule has 1 N–H and O–H groups in total. The van der Waals surface area contributed by atoms with Crippen LogP contribution in [0.2, 0.25) is 0 Å². The smallest absolute Gasteiger partial charge is 0.257 e. The number of hydrogen-bond donors (Lipinski definition) is 1. The molecule has 3 rings (SSSR count). The molecule has 1 fully saturated rings. The first-order chi connectivity index (χ1) is 12.4. The van der Waals surface area contributed by atoms with Crippen molar-refractivity contribution >= 4 is 17.5 Å². The zero-order valence-corrected chi connectivity index (χ0v) is 14.3. The van der Waals surface area contributed by atoms with Gasteiger partial charge in [-0.1, -0.05) is 6.92 Å². The van der Waals surface area contributed by atoms with E-state index >= 15 is 0 Å². The van der Waals surface area contributed by atoms with Gasteiger partial charge in [0.25, 0.3) is 11.8 Å². The summed E-state index contributed by atoms with van der Waals surface area (Å²) in [5.41, 5.74) is 0.623. The Hall–Kier alpha value is -2.83. The molecule has 1 unspecified atom stereocenters. The minimum Gasteiger partial charge on any atom is -0.338 e. The van der Waals surface area contributed by atoms with Crippen molar-refractivity contribution in [3.05, 3.63) is 59.4 Å². The molecule has 0 bridgehead atoms. The molecule has 5 nitrogen and oxygen atoms in total. The van der Waals surface area contributed by atoms with Crippen molar-refractivity contribution in [2.45, 2.75) is 19.8 Å². The van der Waals surface area contributed by atoms with Crippen LogP contribution in [0, 0.1) is 17.6 Å². The minimum atomic E-state index is -1.05. The van der Waals surface area contributed by atoms with Crippen LogP contribution in [0.3, 0.4) is 0 Å². The number of hydrogen-bond acceptors (Lipinski definition) is 3. The molecule has 1 saturated heterocycles. The van der Waals surface area contributed by atoms with Gasteiger partial charge < -0.3 is 10.2 Å². The Morgan fingerprint density at radius 1 is 1.15 bits per heavy atom. The Bertz CT molecular complexity index is 841. The zero-order valence-electron chi connectivity index (χ0n) is 14.3. The molecule has 2 amide bonds. The van der Waals surface area contributed by atoms with Crippen LogP contribution in [0.25, 0.3) is 0 Å². The van der Waals surface area contributed by atoms with Gasteiger partial charge in [0.15, 0.2) is 11.6 Å². The number of halogens is 2. The maximum absolute atomic E-state index is 13.3. The molecule has 1 aliphatic rings. The Morgan fingerprint density at radius 3 is 2.65 bits per heavy atom. The highest BCUT2D eigenvalue weighted by molar-refractivity contribution is 6.05. The van der Waals surface area contributed by atoms with Crippen molar-refractivity contribution in [1.29, 1.82) is 0 Å². The lowest BCUT2D eigenvalue weighted by Gasteiger charge is -2.30. The van der Waals surface area contributed by atoms with Crippen molar-refractivity contribution in [2.24, 2.45) is 5.92 Å². The van der Waals surface area contributed by atoms with Crippen LogP contribution in [0.4, 0.5) is 14.5 Å². The molecule has 0 saturated carbocycles. The Balaban J connectivity index is 1.74. The van der Waals surface area contributed by atoms with Gasteiger partial charge in [-0.3, -0.25) is 14.6 Å². The molecule has 0 aliphatic carbocycles. The molecule has 1 atom stereocenters. The third kappa shape index (κ3) is 4.04. The van der Waals surface area contributed by atoms with Crippen LogP contribution in [0.1, 0.15) is 40.5 Å². The van der Waals surface area contributed by atoms with E-state index in [4.69, 9.17) is 0 Å². The zero-order chi connectivity index (χ0) is 18.7. The lowest BCUT2D eigenvalue weighted by atomic mass is 9.99. The van der Waals surface area contributed by atoms with Gasteiger partial charge in [-0.25, -0.2) is 8.78 Å². The molecule has 2 aromatic rings. The van der Waals surface area contributed by atoms with Gasteiger partial charge >= 0.3 is 0 Å². The van der Waals surface area contributed by atoms with Crippen molar-refractivity contribution in [3.8, 4) is 0 Å². The number of likely N-dealkylation sites (tertiary alicyclic amines) is 1. The predicted molar refractivity (Wildman–Crippen MR) is 92.8 cm³/mol. The van der Waals surface area contributed by atoms with Crippen molar-refractivity contribution in [2.75, 3.05) is 18.4 Å². The Labute approximate surface area is 150 Å². The van der Waals surface area contributed by atoms with E-state index in [0.29, 0.717) is 24.6 Å². The third-order valence-corrected chi connectivity index (χ3v) is 4.37. The second-order valence-electron chi connectivity index (χ2n) is 6.54. The number of nitrogens with one attached hydrogen (secondary N) is 1. The first kappa shape index (κ1) is 18.0. The quantitative estimate of drug-likeness (QED) is 0.913. The molecule has 1 aromatic carbocycles. The van der Waals surface area contributed by atoms with Gasteiger partial charge in [-0.05, 0) is 37.0 Å². The summed E-state index contributed by atoms with van der Waals surface area (Å²) in [6, 6.07) is 4.54. The van der Waals surface area contributed by atoms with Crippen molar-refractivity contribution in [3.63, 3.8) is 0 Å². The number of carbonyl (C=O) groups is 2. The van der Waals surface area contributed by atoms with Gasteiger partial charge in [0.05, 0.1) is 11.1 Å². The van der Waals surface area contributed by atoms with E-state index in [1.807, 2.05) is 0 Å². The topological polar surface area (TPSA) is 62.3 Å². The molecule has 7 heteroatoms. The number of anilines is 1. The minimum absolute atomic E-state index is 0.121. The van der Waals surface area contributed by atoms with Crippen LogP contribution in [0.15, 0.2) is 36.7 Å². The summed E-state index contributed by atoms with van der Waals surface area (Å²) in [5, 5.41) is 2.47. The lowest BCUT2D eigenvalue weighted by molar-refractivity contribution is 0.0682. The van der Waals surface area contributed by atoms with Crippen LogP contribution in [-0.4, -0.2) is 34.8 Å². The first-order valence-electron chi connectivity index (χ1n) is 8.45. The summed E-state index contributed by atoms with van der Waals surface area (Å²) in [7, 11) is 0. The monoisotopic (exact) mass is 359 g/mol. The van der Waals surface area contributed by atoms with E-state index in [2.05, 4.69) is 17.2 Å². The summed E-state index contributed by atoms with van der Waals surface area (Å²) in [4.78, 5) is 30.7. The van der Waals surface area contributed by atoms with Gasteiger partial charge in [-0.2, -0.15) is 0 Å². The lowest BCUT2D eigenvalue weighted by Crippen LogP contribution is -2.39. The molecule has 0 radical (unpaired) electrons. The molecular formula is C19H19F2N3O2. The Kier molecular flexibility index (Phi) is 5.25. The number of benzene rings is 1. The maximum Gasteiger partial charge on any atom is 0.257 e. The number of rotatable bonds is 3.